The molecule has 0 heterocycles. The van der Waals surface area contributed by atoms with Crippen LogP contribution in [0.25, 0.3) is 0 Å². The van der Waals surface area contributed by atoms with Crippen LogP contribution >= 0.6 is 0 Å². The Bertz CT molecular complexity index is 491. The normalized spacial score (nSPS) is 16.1. The fourth-order valence-electron chi connectivity index (χ4n) is 1.39. The van der Waals surface area contributed by atoms with Gasteiger partial charge < -0.3 is 4.74 Å². The topological polar surface area (TPSA) is 62.1 Å². The van der Waals surface area contributed by atoms with Crippen LogP contribution in [0, 0.1) is 11.3 Å². The summed E-state index contributed by atoms with van der Waals surface area (Å²) in [6.07, 6.45) is 0. The smallest absolute Gasteiger partial charge is 0.138 e. The van der Waals surface area contributed by atoms with Gasteiger partial charge in [0.15, 0.2) is 0 Å². The van der Waals surface area contributed by atoms with Crippen molar-refractivity contribution < 1.29 is 8.95 Å². The Hall–Kier alpha value is -1.22. The highest BCUT2D eigenvalue weighted by molar-refractivity contribution is 7.84. The molecule has 2 atom stereocenters. The molecule has 0 bridgehead atoms. The van der Waals surface area contributed by atoms with Gasteiger partial charge in [-0.2, -0.15) is 5.26 Å². The van der Waals surface area contributed by atoms with E-state index in [0.717, 1.165) is 5.56 Å². The lowest BCUT2D eigenvalue weighted by Crippen LogP contribution is -2.50. The first kappa shape index (κ1) is 16.8. The monoisotopic (exact) mass is 294 g/mol. The molecule has 0 aliphatic heterocycles. The Morgan fingerprint density at radius 3 is 2.35 bits per heavy atom. The van der Waals surface area contributed by atoms with Gasteiger partial charge >= 0.3 is 0 Å². The second-order valence-corrected chi connectivity index (χ2v) is 7.87. The van der Waals surface area contributed by atoms with E-state index in [-0.39, 0.29) is 6.61 Å². The first-order chi connectivity index (χ1) is 9.27. The maximum atomic E-state index is 12.1. The highest BCUT2D eigenvalue weighted by Crippen LogP contribution is 2.14. The molecule has 0 radical (unpaired) electrons. The molecule has 4 nitrogen and oxygen atoms in total. The predicted octanol–water partition coefficient (Wildman–Crippen LogP) is 2.54. The molecule has 0 spiro atoms. The number of rotatable bonds is 6. The third-order valence-electron chi connectivity index (χ3n) is 2.62. The summed E-state index contributed by atoms with van der Waals surface area (Å²) >= 11 is 0. The fraction of sp³-hybridized carbons (Fsp3) is 0.533. The molecule has 1 N–H and O–H groups in total. The van der Waals surface area contributed by atoms with Crippen LogP contribution in [0.1, 0.15) is 33.3 Å². The highest BCUT2D eigenvalue weighted by Gasteiger charge is 2.31. The zero-order valence-corrected chi connectivity index (χ0v) is 13.3. The van der Waals surface area contributed by atoms with E-state index in [2.05, 4.69) is 10.8 Å². The van der Waals surface area contributed by atoms with E-state index in [0.29, 0.717) is 6.61 Å². The quantitative estimate of drug-likeness (QED) is 0.877. The van der Waals surface area contributed by atoms with E-state index in [9.17, 15) is 9.47 Å². The molecule has 0 aliphatic rings. The highest BCUT2D eigenvalue weighted by atomic mass is 32.2. The number of ether oxygens (including phenoxy) is 1. The summed E-state index contributed by atoms with van der Waals surface area (Å²) in [5, 5.41) is 9.27. The third kappa shape index (κ3) is 5.41. The van der Waals surface area contributed by atoms with Crippen LogP contribution in [0.3, 0.4) is 0 Å². The molecule has 2 unspecified atom stereocenters. The van der Waals surface area contributed by atoms with Gasteiger partial charge in [-0.15, -0.1) is 0 Å². The van der Waals surface area contributed by atoms with Crippen molar-refractivity contribution in [1.29, 1.82) is 5.26 Å². The number of benzene rings is 1. The Labute approximate surface area is 123 Å². The SMILES string of the molecule is CC(C#N)(COCc1ccccc1)NS(=O)C(C)(C)C. The van der Waals surface area contributed by atoms with Gasteiger partial charge in [0.1, 0.15) is 5.54 Å². The van der Waals surface area contributed by atoms with Gasteiger partial charge in [0.05, 0.1) is 35.0 Å². The van der Waals surface area contributed by atoms with E-state index >= 15 is 0 Å². The van der Waals surface area contributed by atoms with Gasteiger partial charge in [0, 0.05) is 0 Å². The van der Waals surface area contributed by atoms with E-state index in [1.807, 2.05) is 51.1 Å². The average molecular weight is 294 g/mol. The molecule has 1 aromatic rings. The minimum Gasteiger partial charge on any atom is -0.374 e. The molecule has 1 rings (SSSR count). The third-order valence-corrected chi connectivity index (χ3v) is 4.37. The Morgan fingerprint density at radius 2 is 1.85 bits per heavy atom. The number of hydrogen-bond donors (Lipinski definition) is 1. The maximum Gasteiger partial charge on any atom is 0.138 e. The number of nitrogens with zero attached hydrogens (tertiary/aromatic N) is 1. The average Bonchev–Trinajstić information content (AvgIpc) is 2.39. The summed E-state index contributed by atoms with van der Waals surface area (Å²) in [6.45, 7) is 7.89. The fourth-order valence-corrected chi connectivity index (χ4v) is 2.21. The molecule has 0 saturated carbocycles. The summed E-state index contributed by atoms with van der Waals surface area (Å²) in [4.78, 5) is 0. The Morgan fingerprint density at radius 1 is 1.25 bits per heavy atom. The number of hydrogen-bond acceptors (Lipinski definition) is 3. The van der Waals surface area contributed by atoms with E-state index in [1.54, 1.807) is 6.92 Å². The van der Waals surface area contributed by atoms with Crippen LogP contribution in [-0.4, -0.2) is 21.1 Å². The molecule has 20 heavy (non-hydrogen) atoms. The van der Waals surface area contributed by atoms with Crippen LogP contribution in [0.5, 0.6) is 0 Å². The summed E-state index contributed by atoms with van der Waals surface area (Å²) in [5.41, 5.74) is 0.0807. The number of nitrogens with one attached hydrogen (secondary N) is 1. The van der Waals surface area contributed by atoms with Crippen LogP contribution in [0.15, 0.2) is 30.3 Å². The molecule has 0 amide bonds. The summed E-state index contributed by atoms with van der Waals surface area (Å²) < 4.78 is 20.1. The summed E-state index contributed by atoms with van der Waals surface area (Å²) in [6, 6.07) is 11.9. The maximum absolute atomic E-state index is 12.1. The van der Waals surface area contributed by atoms with Gasteiger partial charge in [0.2, 0.25) is 0 Å². The molecule has 1 aromatic carbocycles. The van der Waals surface area contributed by atoms with Gasteiger partial charge in [-0.3, -0.25) is 0 Å². The van der Waals surface area contributed by atoms with Crippen LogP contribution in [0.4, 0.5) is 0 Å². The summed E-state index contributed by atoms with van der Waals surface area (Å²) in [5.74, 6) is 0. The molecular weight excluding hydrogens is 272 g/mol. The molecule has 0 saturated heterocycles. The predicted molar refractivity (Wildman–Crippen MR) is 81.1 cm³/mol. The van der Waals surface area contributed by atoms with Crippen molar-refractivity contribution in [3.05, 3.63) is 35.9 Å². The van der Waals surface area contributed by atoms with Crippen molar-refractivity contribution in [3.63, 3.8) is 0 Å². The van der Waals surface area contributed by atoms with E-state index < -0.39 is 21.3 Å². The molecule has 5 heteroatoms. The van der Waals surface area contributed by atoms with Gasteiger partial charge in [-0.05, 0) is 33.3 Å². The van der Waals surface area contributed by atoms with E-state index in [1.165, 1.54) is 0 Å². The second kappa shape index (κ2) is 6.98. The lowest BCUT2D eigenvalue weighted by Gasteiger charge is -2.27. The van der Waals surface area contributed by atoms with Crippen LogP contribution < -0.4 is 4.72 Å². The minimum atomic E-state index is -1.31. The lowest BCUT2D eigenvalue weighted by atomic mass is 10.1. The standard InChI is InChI=1S/C15H22N2O2S/c1-14(2,3)20(18)17-15(4,11-16)12-19-10-13-8-6-5-7-9-13/h5-9,17H,10,12H2,1-4H3. The first-order valence-corrected chi connectivity index (χ1v) is 7.64. The van der Waals surface area contributed by atoms with Crippen molar-refractivity contribution >= 4 is 11.0 Å². The lowest BCUT2D eigenvalue weighted by molar-refractivity contribution is 0.0908. The molecule has 110 valence electrons. The zero-order chi connectivity index (χ0) is 15.2. The van der Waals surface area contributed by atoms with Gasteiger partial charge in [0.25, 0.3) is 0 Å². The van der Waals surface area contributed by atoms with Gasteiger partial charge in [-0.25, -0.2) is 8.93 Å². The second-order valence-electron chi connectivity index (χ2n) is 5.91. The summed E-state index contributed by atoms with van der Waals surface area (Å²) in [7, 11) is -1.31. The van der Waals surface area contributed by atoms with Crippen molar-refractivity contribution in [2.45, 2.75) is 44.6 Å². The van der Waals surface area contributed by atoms with Gasteiger partial charge in [-0.1, -0.05) is 30.3 Å². The van der Waals surface area contributed by atoms with Crippen LogP contribution in [-0.2, 0) is 22.3 Å². The Kier molecular flexibility index (Phi) is 5.88. The molecule has 0 aromatic heterocycles. The van der Waals surface area contributed by atoms with Crippen molar-refractivity contribution in [2.24, 2.45) is 0 Å². The van der Waals surface area contributed by atoms with Crippen molar-refractivity contribution in [3.8, 4) is 6.07 Å². The van der Waals surface area contributed by atoms with Crippen molar-refractivity contribution in [1.82, 2.24) is 4.72 Å². The largest absolute Gasteiger partial charge is 0.374 e. The van der Waals surface area contributed by atoms with Crippen LogP contribution in [0.2, 0.25) is 0 Å². The van der Waals surface area contributed by atoms with E-state index in [4.69, 9.17) is 4.74 Å². The molecule has 0 fully saturated rings. The molecular formula is C15H22N2O2S. The van der Waals surface area contributed by atoms with Crippen molar-refractivity contribution in [2.75, 3.05) is 6.61 Å². The first-order valence-electron chi connectivity index (χ1n) is 6.49. The zero-order valence-electron chi connectivity index (χ0n) is 12.5. The molecule has 0 aliphatic carbocycles. The Balaban J connectivity index is 2.54. The number of nitriles is 1. The minimum absolute atomic E-state index is 0.181.